The number of nitrogens with zero attached hydrogens (tertiary/aromatic N) is 4. The number of nitro benzene ring substituents is 1. The molecule has 0 radical (unpaired) electrons. The first-order chi connectivity index (χ1) is 13.4. The summed E-state index contributed by atoms with van der Waals surface area (Å²) in [5.74, 6) is -0.923. The Morgan fingerprint density at radius 2 is 1.86 bits per heavy atom. The van der Waals surface area contributed by atoms with Gasteiger partial charge in [-0.1, -0.05) is 25.5 Å². The van der Waals surface area contributed by atoms with Crippen molar-refractivity contribution in [2.24, 2.45) is 10.2 Å². The van der Waals surface area contributed by atoms with E-state index in [4.69, 9.17) is 0 Å². The number of nitro groups is 1. The third-order valence-corrected chi connectivity index (χ3v) is 4.32. The third-order valence-electron chi connectivity index (χ3n) is 4.32. The quantitative estimate of drug-likeness (QED) is 0.363. The smallest absolute Gasteiger partial charge is 0.296 e. The maximum absolute atomic E-state index is 12.3. The van der Waals surface area contributed by atoms with Gasteiger partial charge in [-0.05, 0) is 30.7 Å². The zero-order valence-electron chi connectivity index (χ0n) is 15.1. The molecule has 1 amide bonds. The van der Waals surface area contributed by atoms with Gasteiger partial charge in [-0.15, -0.1) is 10.2 Å². The molecule has 0 spiro atoms. The van der Waals surface area contributed by atoms with E-state index in [1.54, 1.807) is 6.07 Å². The van der Waals surface area contributed by atoms with Crippen LogP contribution in [0.4, 0.5) is 11.4 Å². The number of fused-ring (bicyclic) bond motifs is 1. The molecule has 28 heavy (non-hydrogen) atoms. The summed E-state index contributed by atoms with van der Waals surface area (Å²) < 4.78 is 1.39. The van der Waals surface area contributed by atoms with Crippen molar-refractivity contribution in [3.63, 3.8) is 0 Å². The minimum absolute atomic E-state index is 0.0341. The highest BCUT2D eigenvalue weighted by atomic mass is 16.6. The Kier molecular flexibility index (Phi) is 5.35. The standard InChI is InChI=1S/C19H18N4O5/c1-2-3-10-22-18(25)13-9-8-12(11-14(13)19(22)26)17(24)21-20-15-6-4-5-7-16(15)23(27)28/h4-9,11,25-26H,2-3,10H2,1H3. The molecule has 0 atom stereocenters. The van der Waals surface area contributed by atoms with Crippen molar-refractivity contribution in [2.45, 2.75) is 26.3 Å². The van der Waals surface area contributed by atoms with Gasteiger partial charge >= 0.3 is 0 Å². The molecule has 3 aromatic rings. The Morgan fingerprint density at radius 3 is 2.57 bits per heavy atom. The van der Waals surface area contributed by atoms with Gasteiger partial charge in [0.1, 0.15) is 0 Å². The van der Waals surface area contributed by atoms with Crippen LogP contribution in [0.1, 0.15) is 30.1 Å². The first kappa shape index (κ1) is 19.0. The SMILES string of the molecule is CCCCn1c(O)c2ccc(C(=O)N=Nc3ccccc3[N+](=O)[O-])cc2c1O. The number of azo groups is 1. The lowest BCUT2D eigenvalue weighted by atomic mass is 10.1. The van der Waals surface area contributed by atoms with Crippen LogP contribution in [0.25, 0.3) is 10.8 Å². The average molecular weight is 382 g/mol. The van der Waals surface area contributed by atoms with Gasteiger partial charge in [-0.25, -0.2) is 0 Å². The van der Waals surface area contributed by atoms with E-state index in [-0.39, 0.29) is 28.7 Å². The molecule has 0 aliphatic heterocycles. The van der Waals surface area contributed by atoms with E-state index in [9.17, 15) is 25.1 Å². The number of unbranched alkanes of at least 4 members (excludes halogenated alkanes) is 1. The van der Waals surface area contributed by atoms with Crippen molar-refractivity contribution in [1.29, 1.82) is 0 Å². The summed E-state index contributed by atoms with van der Waals surface area (Å²) in [4.78, 5) is 22.7. The van der Waals surface area contributed by atoms with Crippen LogP contribution >= 0.6 is 0 Å². The fourth-order valence-corrected chi connectivity index (χ4v) is 2.84. The topological polar surface area (TPSA) is 130 Å². The highest BCUT2D eigenvalue weighted by molar-refractivity contribution is 6.02. The number of aromatic nitrogens is 1. The molecule has 9 nitrogen and oxygen atoms in total. The number of amides is 1. The van der Waals surface area contributed by atoms with Gasteiger partial charge in [0.15, 0.2) is 5.69 Å². The summed E-state index contributed by atoms with van der Waals surface area (Å²) in [6, 6.07) is 10.1. The summed E-state index contributed by atoms with van der Waals surface area (Å²) in [7, 11) is 0. The van der Waals surface area contributed by atoms with Gasteiger partial charge < -0.3 is 10.2 Å². The van der Waals surface area contributed by atoms with Gasteiger partial charge in [-0.3, -0.25) is 19.5 Å². The van der Waals surface area contributed by atoms with Crippen LogP contribution in [0, 0.1) is 10.1 Å². The van der Waals surface area contributed by atoms with Crippen LogP contribution in [0.2, 0.25) is 0 Å². The molecular formula is C19H18N4O5. The van der Waals surface area contributed by atoms with Crippen molar-refractivity contribution < 1.29 is 19.9 Å². The first-order valence-corrected chi connectivity index (χ1v) is 8.67. The fourth-order valence-electron chi connectivity index (χ4n) is 2.84. The van der Waals surface area contributed by atoms with Gasteiger partial charge in [0.25, 0.3) is 11.6 Å². The second-order valence-electron chi connectivity index (χ2n) is 6.16. The lowest BCUT2D eigenvalue weighted by Crippen LogP contribution is -1.95. The molecule has 0 fully saturated rings. The van der Waals surface area contributed by atoms with E-state index in [0.29, 0.717) is 17.3 Å². The van der Waals surface area contributed by atoms with E-state index in [1.165, 1.54) is 41.0 Å². The van der Waals surface area contributed by atoms with Crippen molar-refractivity contribution in [3.8, 4) is 11.8 Å². The number of para-hydroxylation sites is 1. The molecular weight excluding hydrogens is 364 g/mol. The van der Waals surface area contributed by atoms with Gasteiger partial charge in [0.05, 0.1) is 4.92 Å². The molecule has 9 heteroatoms. The summed E-state index contributed by atoms with van der Waals surface area (Å²) in [5, 5.41) is 39.6. The van der Waals surface area contributed by atoms with E-state index < -0.39 is 10.8 Å². The Hall–Kier alpha value is -3.75. The van der Waals surface area contributed by atoms with Crippen LogP contribution in [0.15, 0.2) is 52.7 Å². The number of carbonyl (C=O) groups is 1. The number of carbonyl (C=O) groups excluding carboxylic acids is 1. The van der Waals surface area contributed by atoms with E-state index in [2.05, 4.69) is 10.2 Å². The normalized spacial score (nSPS) is 11.3. The summed E-state index contributed by atoms with van der Waals surface area (Å²) in [6.07, 6.45) is 1.67. The van der Waals surface area contributed by atoms with E-state index >= 15 is 0 Å². The molecule has 0 saturated heterocycles. The summed E-state index contributed by atoms with van der Waals surface area (Å²) >= 11 is 0. The Labute approximate surface area is 159 Å². The van der Waals surface area contributed by atoms with Crippen molar-refractivity contribution >= 4 is 28.1 Å². The average Bonchev–Trinajstić information content (AvgIpc) is 2.94. The van der Waals surface area contributed by atoms with Gasteiger partial charge in [-0.2, -0.15) is 0 Å². The van der Waals surface area contributed by atoms with Crippen LogP contribution in [-0.4, -0.2) is 25.6 Å². The van der Waals surface area contributed by atoms with E-state index in [1.807, 2.05) is 6.92 Å². The highest BCUT2D eigenvalue weighted by Gasteiger charge is 2.18. The molecule has 2 N–H and O–H groups in total. The van der Waals surface area contributed by atoms with Crippen LogP contribution in [0.3, 0.4) is 0 Å². The second-order valence-corrected chi connectivity index (χ2v) is 6.16. The molecule has 0 unspecified atom stereocenters. The number of aromatic hydroxyl groups is 2. The second kappa shape index (κ2) is 7.87. The highest BCUT2D eigenvalue weighted by Crippen LogP contribution is 2.37. The van der Waals surface area contributed by atoms with E-state index in [0.717, 1.165) is 12.8 Å². The lowest BCUT2D eigenvalue weighted by Gasteiger charge is -2.04. The molecule has 0 saturated carbocycles. The van der Waals surface area contributed by atoms with Crippen LogP contribution in [-0.2, 0) is 6.54 Å². The minimum atomic E-state index is -0.722. The van der Waals surface area contributed by atoms with Crippen molar-refractivity contribution in [2.75, 3.05) is 0 Å². The lowest BCUT2D eigenvalue weighted by molar-refractivity contribution is -0.384. The monoisotopic (exact) mass is 382 g/mol. The fraction of sp³-hybridized carbons (Fsp3) is 0.211. The molecule has 1 aromatic heterocycles. The number of hydrogen-bond donors (Lipinski definition) is 2. The van der Waals surface area contributed by atoms with Gasteiger partial charge in [0, 0.05) is 28.9 Å². The molecule has 0 aliphatic rings. The number of benzene rings is 2. The zero-order chi connectivity index (χ0) is 20.3. The Bertz CT molecular complexity index is 1090. The van der Waals surface area contributed by atoms with Crippen LogP contribution in [0.5, 0.6) is 11.8 Å². The minimum Gasteiger partial charge on any atom is -0.494 e. The largest absolute Gasteiger partial charge is 0.494 e. The van der Waals surface area contributed by atoms with Crippen LogP contribution < -0.4 is 0 Å². The molecule has 1 heterocycles. The van der Waals surface area contributed by atoms with Gasteiger partial charge in [0.2, 0.25) is 11.8 Å². The third kappa shape index (κ3) is 3.54. The summed E-state index contributed by atoms with van der Waals surface area (Å²) in [6.45, 7) is 2.44. The molecule has 2 aromatic carbocycles. The Morgan fingerprint density at radius 1 is 1.14 bits per heavy atom. The zero-order valence-corrected chi connectivity index (χ0v) is 15.1. The Balaban J connectivity index is 1.93. The van der Waals surface area contributed by atoms with Crippen molar-refractivity contribution in [1.82, 2.24) is 4.57 Å². The maximum atomic E-state index is 12.3. The number of hydrogen-bond acceptors (Lipinski definition) is 6. The summed E-state index contributed by atoms with van der Waals surface area (Å²) in [5.41, 5.74) is -0.156. The molecule has 0 bridgehead atoms. The maximum Gasteiger partial charge on any atom is 0.296 e. The molecule has 144 valence electrons. The first-order valence-electron chi connectivity index (χ1n) is 8.67. The van der Waals surface area contributed by atoms with Crippen molar-refractivity contribution in [3.05, 3.63) is 58.1 Å². The number of rotatable bonds is 6. The molecule has 3 rings (SSSR count). The molecule has 0 aliphatic carbocycles. The predicted molar refractivity (Wildman–Crippen MR) is 102 cm³/mol. The predicted octanol–water partition coefficient (Wildman–Crippen LogP) is 4.68.